The Morgan fingerprint density at radius 3 is 2.74 bits per heavy atom. The van der Waals surface area contributed by atoms with Gasteiger partial charge in [-0.05, 0) is 67.2 Å². The average Bonchev–Trinajstić information content (AvgIpc) is 2.78. The summed E-state index contributed by atoms with van der Waals surface area (Å²) < 4.78 is 0. The number of aliphatic imine (C=N–C) groups is 1. The Labute approximate surface area is 124 Å². The molecule has 2 atom stereocenters. The minimum atomic E-state index is 0.128. The molecule has 19 heavy (non-hydrogen) atoms. The Bertz CT molecular complexity index is 479. The molecule has 5 rings (SSSR count). The van der Waals surface area contributed by atoms with E-state index in [1.807, 2.05) is 0 Å². The summed E-state index contributed by atoms with van der Waals surface area (Å²) in [7, 11) is 0. The second-order valence-electron chi connectivity index (χ2n) is 7.10. The van der Waals surface area contributed by atoms with Crippen molar-refractivity contribution in [3.63, 3.8) is 0 Å². The van der Waals surface area contributed by atoms with E-state index in [0.29, 0.717) is 5.41 Å². The summed E-state index contributed by atoms with van der Waals surface area (Å²) >= 11 is 8.61. The van der Waals surface area contributed by atoms with Gasteiger partial charge in [-0.25, -0.2) is 0 Å². The lowest BCUT2D eigenvalue weighted by Gasteiger charge is -2.59. The van der Waals surface area contributed by atoms with Gasteiger partial charge in [-0.3, -0.25) is 4.99 Å². The molecule has 0 N–H and O–H groups in total. The number of halogens is 1. The third-order valence-corrected chi connectivity index (χ3v) is 6.55. The van der Waals surface area contributed by atoms with Crippen molar-refractivity contribution < 1.29 is 0 Å². The van der Waals surface area contributed by atoms with Crippen LogP contribution in [0.25, 0.3) is 0 Å². The summed E-state index contributed by atoms with van der Waals surface area (Å²) in [6, 6.07) is 4.22. The zero-order chi connectivity index (χ0) is 12.9. The van der Waals surface area contributed by atoms with Crippen molar-refractivity contribution in [1.82, 2.24) is 0 Å². The first-order valence-electron chi connectivity index (χ1n) is 7.37. The summed E-state index contributed by atoms with van der Waals surface area (Å²) in [6.07, 6.45) is 9.98. The molecule has 102 valence electrons. The van der Waals surface area contributed by atoms with Crippen molar-refractivity contribution in [2.75, 3.05) is 6.54 Å². The maximum atomic E-state index is 6.85. The van der Waals surface area contributed by atoms with E-state index in [1.165, 1.54) is 43.4 Å². The van der Waals surface area contributed by atoms with Gasteiger partial charge in [0.05, 0.1) is 0 Å². The van der Waals surface area contributed by atoms with Crippen molar-refractivity contribution in [2.45, 2.75) is 43.4 Å². The van der Waals surface area contributed by atoms with Gasteiger partial charge in [0.2, 0.25) is 0 Å². The fourth-order valence-electron chi connectivity index (χ4n) is 5.21. The van der Waals surface area contributed by atoms with Crippen molar-refractivity contribution in [2.24, 2.45) is 22.2 Å². The SMILES string of the molecule is ClC12CC3CC(C1)CC(CN=Cc1cccs1)(C3)C2. The van der Waals surface area contributed by atoms with E-state index < -0.39 is 0 Å². The van der Waals surface area contributed by atoms with Crippen molar-refractivity contribution in [1.29, 1.82) is 0 Å². The van der Waals surface area contributed by atoms with E-state index in [0.717, 1.165) is 18.4 Å². The van der Waals surface area contributed by atoms with Crippen LogP contribution in [0.3, 0.4) is 0 Å². The van der Waals surface area contributed by atoms with Crippen LogP contribution in [0.15, 0.2) is 22.5 Å². The largest absolute Gasteiger partial charge is 0.291 e. The third kappa shape index (κ3) is 2.27. The highest BCUT2D eigenvalue weighted by Crippen LogP contribution is 2.63. The summed E-state index contributed by atoms with van der Waals surface area (Å²) in [5, 5.41) is 2.11. The highest BCUT2D eigenvalue weighted by Gasteiger charge is 2.56. The maximum absolute atomic E-state index is 6.85. The van der Waals surface area contributed by atoms with Crippen molar-refractivity contribution in [3.05, 3.63) is 22.4 Å². The van der Waals surface area contributed by atoms with Gasteiger partial charge in [0.1, 0.15) is 0 Å². The molecule has 4 aliphatic rings. The molecule has 1 aromatic heterocycles. The number of thiophene rings is 1. The highest BCUT2D eigenvalue weighted by molar-refractivity contribution is 7.11. The summed E-state index contributed by atoms with van der Waals surface area (Å²) in [5.74, 6) is 1.77. The first-order chi connectivity index (χ1) is 9.15. The predicted octanol–water partition coefficient (Wildman–Crippen LogP) is 4.74. The third-order valence-electron chi connectivity index (χ3n) is 5.30. The number of alkyl halides is 1. The summed E-state index contributed by atoms with van der Waals surface area (Å²) in [4.78, 5) is 6.16. The molecule has 0 radical (unpaired) electrons. The minimum Gasteiger partial charge on any atom is -0.291 e. The van der Waals surface area contributed by atoms with Crippen LogP contribution in [-0.2, 0) is 0 Å². The molecule has 0 aromatic carbocycles. The Kier molecular flexibility index (Phi) is 2.82. The van der Waals surface area contributed by atoms with Crippen LogP contribution in [0.1, 0.15) is 43.4 Å². The molecule has 4 fully saturated rings. The molecule has 4 saturated carbocycles. The lowest BCUT2D eigenvalue weighted by molar-refractivity contribution is -0.0336. The molecule has 0 spiro atoms. The molecular weight excluding hydrogens is 274 g/mol. The van der Waals surface area contributed by atoms with E-state index in [-0.39, 0.29) is 4.87 Å². The molecule has 1 heterocycles. The fraction of sp³-hybridized carbons (Fsp3) is 0.688. The van der Waals surface area contributed by atoms with E-state index >= 15 is 0 Å². The summed E-state index contributed by atoms with van der Waals surface area (Å²) in [6.45, 7) is 0.992. The second kappa shape index (κ2) is 4.33. The van der Waals surface area contributed by atoms with Gasteiger partial charge >= 0.3 is 0 Å². The number of rotatable bonds is 3. The van der Waals surface area contributed by atoms with Gasteiger partial charge in [0.15, 0.2) is 0 Å². The van der Waals surface area contributed by atoms with Gasteiger partial charge in [-0.15, -0.1) is 22.9 Å². The smallest absolute Gasteiger partial charge is 0.0458 e. The Balaban J connectivity index is 1.51. The number of hydrogen-bond acceptors (Lipinski definition) is 2. The minimum absolute atomic E-state index is 0.128. The zero-order valence-corrected chi connectivity index (χ0v) is 12.7. The van der Waals surface area contributed by atoms with E-state index in [1.54, 1.807) is 11.3 Å². The molecule has 0 amide bonds. The van der Waals surface area contributed by atoms with Gasteiger partial charge in [0.25, 0.3) is 0 Å². The maximum Gasteiger partial charge on any atom is 0.0458 e. The fourth-order valence-corrected chi connectivity index (χ4v) is 6.54. The molecular formula is C16H20ClNS. The first-order valence-corrected chi connectivity index (χ1v) is 8.63. The molecule has 3 heteroatoms. The Hall–Kier alpha value is -0.340. The molecule has 0 aliphatic heterocycles. The molecule has 0 saturated heterocycles. The van der Waals surface area contributed by atoms with Crippen LogP contribution in [0.2, 0.25) is 0 Å². The van der Waals surface area contributed by atoms with Crippen LogP contribution in [-0.4, -0.2) is 17.6 Å². The highest BCUT2D eigenvalue weighted by atomic mass is 35.5. The predicted molar refractivity (Wildman–Crippen MR) is 82.5 cm³/mol. The van der Waals surface area contributed by atoms with Crippen LogP contribution >= 0.6 is 22.9 Å². The van der Waals surface area contributed by atoms with Crippen molar-refractivity contribution in [3.8, 4) is 0 Å². The quantitative estimate of drug-likeness (QED) is 0.563. The van der Waals surface area contributed by atoms with Crippen molar-refractivity contribution >= 4 is 29.2 Å². The average molecular weight is 294 g/mol. The monoisotopic (exact) mass is 293 g/mol. The number of nitrogens with zero attached hydrogens (tertiary/aromatic N) is 1. The van der Waals surface area contributed by atoms with Crippen LogP contribution in [0, 0.1) is 17.3 Å². The van der Waals surface area contributed by atoms with Crippen LogP contribution in [0.4, 0.5) is 0 Å². The molecule has 2 unspecified atom stereocenters. The first kappa shape index (κ1) is 12.4. The lowest BCUT2D eigenvalue weighted by Crippen LogP contribution is -2.54. The standard InChI is InChI=1S/C16H20ClNS/c17-16-7-12-4-13(8-16)6-15(5-12,10-16)11-18-9-14-2-1-3-19-14/h1-3,9,12-13H,4-8,10-11H2. The summed E-state index contributed by atoms with van der Waals surface area (Å²) in [5.41, 5.74) is 0.430. The molecule has 1 aromatic rings. The normalized spacial score (nSPS) is 44.3. The van der Waals surface area contributed by atoms with Crippen LogP contribution in [0.5, 0.6) is 0 Å². The van der Waals surface area contributed by atoms with E-state index in [4.69, 9.17) is 16.6 Å². The van der Waals surface area contributed by atoms with Gasteiger partial charge in [-0.2, -0.15) is 0 Å². The Morgan fingerprint density at radius 1 is 1.32 bits per heavy atom. The molecule has 4 aliphatic carbocycles. The second-order valence-corrected chi connectivity index (χ2v) is 8.88. The number of hydrogen-bond donors (Lipinski definition) is 0. The van der Waals surface area contributed by atoms with Crippen LogP contribution < -0.4 is 0 Å². The van der Waals surface area contributed by atoms with Gasteiger partial charge in [0, 0.05) is 22.5 Å². The van der Waals surface area contributed by atoms with Gasteiger partial charge in [-0.1, -0.05) is 6.07 Å². The zero-order valence-electron chi connectivity index (χ0n) is 11.1. The topological polar surface area (TPSA) is 12.4 Å². The van der Waals surface area contributed by atoms with E-state index in [2.05, 4.69) is 23.7 Å². The van der Waals surface area contributed by atoms with Gasteiger partial charge < -0.3 is 0 Å². The Morgan fingerprint density at radius 2 is 2.11 bits per heavy atom. The van der Waals surface area contributed by atoms with E-state index in [9.17, 15) is 0 Å². The lowest BCUT2D eigenvalue weighted by atomic mass is 9.49. The molecule has 1 nitrogen and oxygen atoms in total. The molecule has 4 bridgehead atoms.